The van der Waals surface area contributed by atoms with Crippen molar-refractivity contribution in [3.63, 3.8) is 0 Å². The lowest BCUT2D eigenvalue weighted by atomic mass is 10.2. The molecule has 0 aliphatic heterocycles. The molecule has 5 nitrogen and oxygen atoms in total. The SMILES string of the molecule is COC(=O)CC[S+](CCC(=O)OC)CC(=O)c1ccccc1.F[B-](F)(F)F. The summed E-state index contributed by atoms with van der Waals surface area (Å²) in [6.45, 7) is 0. The molecule has 0 amide bonds. The lowest BCUT2D eigenvalue weighted by molar-refractivity contribution is -0.140. The number of ketones is 1. The first kappa shape index (κ1) is 25.0. The first-order chi connectivity index (χ1) is 12.6. The number of benzene rings is 1. The van der Waals surface area contributed by atoms with Gasteiger partial charge in [-0.25, -0.2) is 0 Å². The molecule has 1 aromatic rings. The summed E-state index contributed by atoms with van der Waals surface area (Å²) in [5.74, 6) is 0.840. The molecule has 0 aliphatic rings. The zero-order valence-corrected chi connectivity index (χ0v) is 15.8. The highest BCUT2D eigenvalue weighted by Crippen LogP contribution is 2.09. The van der Waals surface area contributed by atoms with E-state index >= 15 is 0 Å². The van der Waals surface area contributed by atoms with E-state index in [0.29, 0.717) is 22.8 Å². The van der Waals surface area contributed by atoms with E-state index in [4.69, 9.17) is 0 Å². The van der Waals surface area contributed by atoms with Gasteiger partial charge in [0, 0.05) is 5.56 Å². The summed E-state index contributed by atoms with van der Waals surface area (Å²) < 4.78 is 48.3. The third-order valence-electron chi connectivity index (χ3n) is 3.08. The average molecular weight is 412 g/mol. The second-order valence-electron chi connectivity index (χ2n) is 5.10. The Balaban J connectivity index is 0.00000119. The van der Waals surface area contributed by atoms with Crippen LogP contribution in [0.4, 0.5) is 17.3 Å². The van der Waals surface area contributed by atoms with E-state index in [1.807, 2.05) is 18.2 Å². The third kappa shape index (κ3) is 14.8. The zero-order chi connectivity index (χ0) is 20.9. The Morgan fingerprint density at radius 2 is 1.30 bits per heavy atom. The molecule has 1 aromatic carbocycles. The van der Waals surface area contributed by atoms with E-state index in [9.17, 15) is 31.6 Å². The Labute approximate surface area is 157 Å². The molecule has 0 spiro atoms. The maximum Gasteiger partial charge on any atom is 0.673 e. The number of carbonyl (C=O) groups excluding carboxylic acids is 3. The molecule has 1 rings (SSSR count). The van der Waals surface area contributed by atoms with Crippen molar-refractivity contribution in [3.8, 4) is 0 Å². The van der Waals surface area contributed by atoms with Crippen molar-refractivity contribution in [3.05, 3.63) is 35.9 Å². The fraction of sp³-hybridized carbons (Fsp3) is 0.438. The third-order valence-corrected chi connectivity index (χ3v) is 5.31. The van der Waals surface area contributed by atoms with Crippen LogP contribution in [0.15, 0.2) is 30.3 Å². The van der Waals surface area contributed by atoms with Crippen molar-refractivity contribution < 1.29 is 41.1 Å². The molecular formula is C16H21BF4O5S. The summed E-state index contributed by atoms with van der Waals surface area (Å²) in [5.41, 5.74) is 0.649. The first-order valence-electron chi connectivity index (χ1n) is 7.80. The van der Waals surface area contributed by atoms with Gasteiger partial charge in [-0.3, -0.25) is 14.4 Å². The quantitative estimate of drug-likeness (QED) is 0.205. The molecule has 0 N–H and O–H groups in total. The van der Waals surface area contributed by atoms with Crippen molar-refractivity contribution >= 4 is 35.9 Å². The highest BCUT2D eigenvalue weighted by molar-refractivity contribution is 7.97. The molecule has 0 bridgehead atoms. The van der Waals surface area contributed by atoms with Gasteiger partial charge in [0.2, 0.25) is 5.78 Å². The van der Waals surface area contributed by atoms with Gasteiger partial charge >= 0.3 is 19.2 Å². The highest BCUT2D eigenvalue weighted by Gasteiger charge is 2.26. The summed E-state index contributed by atoms with van der Waals surface area (Å²) in [7, 11) is -3.68. The molecule has 152 valence electrons. The van der Waals surface area contributed by atoms with Gasteiger partial charge in [-0.2, -0.15) is 0 Å². The van der Waals surface area contributed by atoms with Crippen LogP contribution in [0.25, 0.3) is 0 Å². The summed E-state index contributed by atoms with van der Waals surface area (Å²) in [6.07, 6.45) is 0.506. The molecule has 0 aliphatic carbocycles. The van der Waals surface area contributed by atoms with Gasteiger partial charge in [0.05, 0.1) is 27.1 Å². The Morgan fingerprint density at radius 3 is 1.67 bits per heavy atom. The molecule has 11 heteroatoms. The minimum atomic E-state index is -6.00. The van der Waals surface area contributed by atoms with Crippen LogP contribution in [0.2, 0.25) is 0 Å². The van der Waals surface area contributed by atoms with Gasteiger partial charge in [-0.05, 0) is 10.9 Å². The minimum Gasteiger partial charge on any atom is -0.469 e. The molecule has 0 radical (unpaired) electrons. The molecule has 0 unspecified atom stereocenters. The number of hydrogen-bond donors (Lipinski definition) is 0. The summed E-state index contributed by atoms with van der Waals surface area (Å²) in [4.78, 5) is 34.8. The number of ether oxygens (including phenoxy) is 2. The highest BCUT2D eigenvalue weighted by atomic mass is 32.2. The van der Waals surface area contributed by atoms with Gasteiger partial charge in [-0.1, -0.05) is 30.3 Å². The number of methoxy groups -OCH3 is 2. The van der Waals surface area contributed by atoms with Crippen LogP contribution in [0.1, 0.15) is 23.2 Å². The smallest absolute Gasteiger partial charge is 0.469 e. The van der Waals surface area contributed by atoms with E-state index in [0.717, 1.165) is 0 Å². The summed E-state index contributed by atoms with van der Waals surface area (Å²) in [6, 6.07) is 9.02. The van der Waals surface area contributed by atoms with Gasteiger partial charge in [0.25, 0.3) is 0 Å². The molecular weight excluding hydrogens is 391 g/mol. The van der Waals surface area contributed by atoms with Crippen molar-refractivity contribution in [2.45, 2.75) is 12.8 Å². The van der Waals surface area contributed by atoms with E-state index in [2.05, 4.69) is 9.47 Å². The number of halogens is 4. The Kier molecular flexibility index (Phi) is 12.2. The van der Waals surface area contributed by atoms with Gasteiger partial charge < -0.3 is 26.7 Å². The number of Topliss-reactive ketones (excluding diaryl/α,β-unsaturated/α-hetero) is 1. The van der Waals surface area contributed by atoms with Crippen LogP contribution >= 0.6 is 0 Å². The van der Waals surface area contributed by atoms with Gasteiger partial charge in [0.15, 0.2) is 5.75 Å². The fourth-order valence-corrected chi connectivity index (χ4v) is 3.74. The van der Waals surface area contributed by atoms with Gasteiger partial charge in [-0.15, -0.1) is 0 Å². The second-order valence-corrected chi connectivity index (χ2v) is 7.43. The zero-order valence-electron chi connectivity index (χ0n) is 15.0. The Hall–Kier alpha value is -2.04. The molecule has 0 heterocycles. The van der Waals surface area contributed by atoms with Crippen LogP contribution in [0.3, 0.4) is 0 Å². The molecule has 27 heavy (non-hydrogen) atoms. The number of esters is 2. The lowest BCUT2D eigenvalue weighted by Crippen LogP contribution is -2.25. The molecule has 0 fully saturated rings. The van der Waals surface area contributed by atoms with E-state index < -0.39 is 7.25 Å². The predicted molar refractivity (Wildman–Crippen MR) is 96.2 cm³/mol. The van der Waals surface area contributed by atoms with Gasteiger partial charge in [0.1, 0.15) is 11.5 Å². The van der Waals surface area contributed by atoms with Crippen molar-refractivity contribution in [1.82, 2.24) is 0 Å². The van der Waals surface area contributed by atoms with Crippen molar-refractivity contribution in [1.29, 1.82) is 0 Å². The topological polar surface area (TPSA) is 69.7 Å². The van der Waals surface area contributed by atoms with Crippen LogP contribution in [-0.2, 0) is 30.0 Å². The standard InChI is InChI=1S/C16H21O5S.BF4/c1-20-15(18)8-10-22(11-9-16(19)21-2)12-14(17)13-6-4-3-5-7-13;2-1(3,4)5/h3-7H,8-12H2,1-2H3;/q+1;-1. The van der Waals surface area contributed by atoms with Crippen LogP contribution < -0.4 is 0 Å². The minimum absolute atomic E-state index is 0.0265. The lowest BCUT2D eigenvalue weighted by Gasteiger charge is -2.08. The van der Waals surface area contributed by atoms with Crippen molar-refractivity contribution in [2.24, 2.45) is 0 Å². The Bertz CT molecular complexity index is 572. The molecule has 0 saturated carbocycles. The number of rotatable bonds is 9. The van der Waals surface area contributed by atoms with Crippen LogP contribution in [0, 0.1) is 0 Å². The maximum atomic E-state index is 12.3. The monoisotopic (exact) mass is 412 g/mol. The molecule has 0 atom stereocenters. The Morgan fingerprint density at radius 1 is 0.889 bits per heavy atom. The van der Waals surface area contributed by atoms with E-state index in [1.54, 1.807) is 12.1 Å². The summed E-state index contributed by atoms with van der Waals surface area (Å²) >= 11 is 0. The first-order valence-corrected chi connectivity index (χ1v) is 9.53. The fourth-order valence-electron chi connectivity index (χ4n) is 1.80. The molecule has 0 saturated heterocycles. The summed E-state index contributed by atoms with van der Waals surface area (Å²) in [5, 5.41) is 0. The number of hydrogen-bond acceptors (Lipinski definition) is 5. The average Bonchev–Trinajstić information content (AvgIpc) is 2.62. The van der Waals surface area contributed by atoms with Crippen LogP contribution in [-0.4, -0.2) is 56.5 Å². The largest absolute Gasteiger partial charge is 0.673 e. The predicted octanol–water partition coefficient (Wildman–Crippen LogP) is 2.91. The molecule has 0 aromatic heterocycles. The van der Waals surface area contributed by atoms with E-state index in [1.165, 1.54) is 14.2 Å². The van der Waals surface area contributed by atoms with Crippen LogP contribution in [0.5, 0.6) is 0 Å². The van der Waals surface area contributed by atoms with E-state index in [-0.39, 0.29) is 41.5 Å². The maximum absolute atomic E-state index is 12.3. The number of carbonyl (C=O) groups is 3. The van der Waals surface area contributed by atoms with Crippen molar-refractivity contribution in [2.75, 3.05) is 31.5 Å². The normalized spacial score (nSPS) is 10.6. The second kappa shape index (κ2) is 13.2.